The Morgan fingerprint density at radius 2 is 1.67 bits per heavy atom. The Hall–Kier alpha value is -1.85. The van der Waals surface area contributed by atoms with Crippen LogP contribution in [0.25, 0.3) is 0 Å². The third-order valence-electron chi connectivity index (χ3n) is 4.09. The van der Waals surface area contributed by atoms with Crippen molar-refractivity contribution in [3.8, 4) is 0 Å². The summed E-state index contributed by atoms with van der Waals surface area (Å²) in [6.45, 7) is 3.10. The Balaban J connectivity index is 1.81. The number of rotatable bonds is 7. The van der Waals surface area contributed by atoms with Crippen molar-refractivity contribution < 1.29 is 13.2 Å². The Labute approximate surface area is 140 Å². The maximum atomic E-state index is 12.7. The van der Waals surface area contributed by atoms with E-state index < -0.39 is 11.7 Å². The van der Waals surface area contributed by atoms with E-state index in [4.69, 9.17) is 5.73 Å². The average Bonchev–Trinajstić information content (AvgIpc) is 2.55. The summed E-state index contributed by atoms with van der Waals surface area (Å²) in [4.78, 5) is 0. The first-order valence-electron chi connectivity index (χ1n) is 8.02. The molecule has 2 unspecified atom stereocenters. The second kappa shape index (κ2) is 8.31. The Kier molecular flexibility index (Phi) is 6.40. The third kappa shape index (κ3) is 5.65. The molecule has 0 aromatic heterocycles. The predicted octanol–water partition coefficient (Wildman–Crippen LogP) is 4.00. The number of benzene rings is 2. The van der Waals surface area contributed by atoms with E-state index >= 15 is 0 Å². The van der Waals surface area contributed by atoms with Gasteiger partial charge in [-0.2, -0.15) is 13.2 Å². The van der Waals surface area contributed by atoms with Crippen LogP contribution in [-0.4, -0.2) is 12.6 Å². The van der Waals surface area contributed by atoms with Crippen molar-refractivity contribution in [2.24, 2.45) is 11.7 Å². The van der Waals surface area contributed by atoms with Crippen LogP contribution in [-0.2, 0) is 19.1 Å². The van der Waals surface area contributed by atoms with E-state index in [2.05, 4.69) is 5.32 Å². The number of halogens is 3. The van der Waals surface area contributed by atoms with E-state index in [1.54, 1.807) is 6.07 Å². The summed E-state index contributed by atoms with van der Waals surface area (Å²) < 4.78 is 38.1. The zero-order valence-corrected chi connectivity index (χ0v) is 13.7. The van der Waals surface area contributed by atoms with Crippen LogP contribution < -0.4 is 11.1 Å². The van der Waals surface area contributed by atoms with Gasteiger partial charge in [-0.3, -0.25) is 0 Å². The number of nitrogens with one attached hydrogen (secondary N) is 1. The minimum Gasteiger partial charge on any atom is -0.327 e. The van der Waals surface area contributed by atoms with Gasteiger partial charge in [-0.05, 0) is 36.1 Å². The van der Waals surface area contributed by atoms with Crippen molar-refractivity contribution in [3.63, 3.8) is 0 Å². The zero-order valence-electron chi connectivity index (χ0n) is 13.7. The molecule has 0 radical (unpaired) electrons. The Bertz CT molecular complexity index is 626. The largest absolute Gasteiger partial charge is 0.416 e. The van der Waals surface area contributed by atoms with Crippen molar-refractivity contribution in [2.75, 3.05) is 6.54 Å². The molecule has 2 atom stereocenters. The van der Waals surface area contributed by atoms with Crippen LogP contribution >= 0.6 is 0 Å². The van der Waals surface area contributed by atoms with Crippen LogP contribution in [0.4, 0.5) is 13.2 Å². The molecule has 0 aliphatic heterocycles. The van der Waals surface area contributed by atoms with Crippen LogP contribution in [0.2, 0.25) is 0 Å². The molecule has 0 aliphatic carbocycles. The standard InChI is InChI=1S/C19H23F3N2/c1-14(18(23)11-15-6-3-2-4-7-15)12-24-13-16-8-5-9-17(10-16)19(20,21)22/h2-10,14,18,24H,11-13,23H2,1H3. The minimum atomic E-state index is -4.30. The fourth-order valence-corrected chi connectivity index (χ4v) is 2.54. The molecular formula is C19H23F3N2. The molecule has 2 aromatic rings. The third-order valence-corrected chi connectivity index (χ3v) is 4.09. The van der Waals surface area contributed by atoms with Gasteiger partial charge in [-0.25, -0.2) is 0 Å². The highest BCUT2D eigenvalue weighted by Crippen LogP contribution is 2.29. The summed E-state index contributed by atoms with van der Waals surface area (Å²) in [5, 5.41) is 3.20. The smallest absolute Gasteiger partial charge is 0.327 e. The van der Waals surface area contributed by atoms with Crippen molar-refractivity contribution in [1.82, 2.24) is 5.32 Å². The molecule has 0 spiro atoms. The fourth-order valence-electron chi connectivity index (χ4n) is 2.54. The molecule has 0 bridgehead atoms. The molecule has 0 amide bonds. The lowest BCUT2D eigenvalue weighted by atomic mass is 9.95. The van der Waals surface area contributed by atoms with Crippen LogP contribution in [0.3, 0.4) is 0 Å². The highest BCUT2D eigenvalue weighted by Gasteiger charge is 2.30. The summed E-state index contributed by atoms with van der Waals surface area (Å²) >= 11 is 0. The SMILES string of the molecule is CC(CNCc1cccc(C(F)(F)F)c1)C(N)Cc1ccccc1. The van der Waals surface area contributed by atoms with Gasteiger partial charge in [0.15, 0.2) is 0 Å². The molecule has 2 nitrogen and oxygen atoms in total. The van der Waals surface area contributed by atoms with E-state index in [1.807, 2.05) is 37.3 Å². The van der Waals surface area contributed by atoms with Crippen molar-refractivity contribution in [3.05, 3.63) is 71.3 Å². The molecule has 24 heavy (non-hydrogen) atoms. The molecule has 5 heteroatoms. The lowest BCUT2D eigenvalue weighted by molar-refractivity contribution is -0.137. The monoisotopic (exact) mass is 336 g/mol. The second-order valence-electron chi connectivity index (χ2n) is 6.16. The van der Waals surface area contributed by atoms with Gasteiger partial charge in [0.25, 0.3) is 0 Å². The van der Waals surface area contributed by atoms with Gasteiger partial charge in [0.05, 0.1) is 5.56 Å². The first-order valence-corrected chi connectivity index (χ1v) is 8.02. The van der Waals surface area contributed by atoms with Gasteiger partial charge in [-0.1, -0.05) is 55.5 Å². The normalized spacial score (nSPS) is 14.4. The highest BCUT2D eigenvalue weighted by atomic mass is 19.4. The first-order chi connectivity index (χ1) is 11.4. The van der Waals surface area contributed by atoms with Gasteiger partial charge in [0.1, 0.15) is 0 Å². The molecule has 0 saturated heterocycles. The maximum absolute atomic E-state index is 12.7. The summed E-state index contributed by atoms with van der Waals surface area (Å²) in [6, 6.07) is 15.4. The number of hydrogen-bond acceptors (Lipinski definition) is 2. The van der Waals surface area contributed by atoms with E-state index in [-0.39, 0.29) is 12.0 Å². The van der Waals surface area contributed by atoms with E-state index in [0.717, 1.165) is 12.5 Å². The van der Waals surface area contributed by atoms with Gasteiger partial charge in [0, 0.05) is 12.6 Å². The molecule has 0 heterocycles. The van der Waals surface area contributed by atoms with E-state index in [1.165, 1.54) is 17.7 Å². The number of nitrogens with two attached hydrogens (primary N) is 1. The highest BCUT2D eigenvalue weighted by molar-refractivity contribution is 5.25. The molecule has 2 rings (SSSR count). The number of alkyl halides is 3. The van der Waals surface area contributed by atoms with Crippen molar-refractivity contribution in [1.29, 1.82) is 0 Å². The minimum absolute atomic E-state index is 0.00131. The lowest BCUT2D eigenvalue weighted by Gasteiger charge is -2.20. The molecule has 0 saturated carbocycles. The summed E-state index contributed by atoms with van der Waals surface area (Å²) in [5.41, 5.74) is 7.41. The summed E-state index contributed by atoms with van der Waals surface area (Å²) in [5.74, 6) is 0.219. The lowest BCUT2D eigenvalue weighted by Crippen LogP contribution is -2.36. The van der Waals surface area contributed by atoms with E-state index in [0.29, 0.717) is 18.7 Å². The van der Waals surface area contributed by atoms with Gasteiger partial charge >= 0.3 is 6.18 Å². The Morgan fingerprint density at radius 1 is 1.00 bits per heavy atom. The second-order valence-corrected chi connectivity index (χ2v) is 6.16. The van der Waals surface area contributed by atoms with Crippen LogP contribution in [0.15, 0.2) is 54.6 Å². The topological polar surface area (TPSA) is 38.0 Å². The van der Waals surface area contributed by atoms with Gasteiger partial charge in [-0.15, -0.1) is 0 Å². The molecule has 2 aromatic carbocycles. The first kappa shape index (κ1) is 18.5. The van der Waals surface area contributed by atoms with Crippen LogP contribution in [0.5, 0.6) is 0 Å². The molecule has 0 aliphatic rings. The summed E-state index contributed by atoms with van der Waals surface area (Å²) in [7, 11) is 0. The maximum Gasteiger partial charge on any atom is 0.416 e. The Morgan fingerprint density at radius 3 is 2.33 bits per heavy atom. The number of hydrogen-bond donors (Lipinski definition) is 2. The molecule has 130 valence electrons. The van der Waals surface area contributed by atoms with Crippen LogP contribution in [0.1, 0.15) is 23.6 Å². The molecular weight excluding hydrogens is 313 g/mol. The molecule has 3 N–H and O–H groups in total. The van der Waals surface area contributed by atoms with Crippen molar-refractivity contribution >= 4 is 0 Å². The van der Waals surface area contributed by atoms with Crippen molar-refractivity contribution in [2.45, 2.75) is 32.1 Å². The predicted molar refractivity (Wildman–Crippen MR) is 90.4 cm³/mol. The van der Waals surface area contributed by atoms with E-state index in [9.17, 15) is 13.2 Å². The zero-order chi connectivity index (χ0) is 17.6. The molecule has 0 fully saturated rings. The van der Waals surface area contributed by atoms with Gasteiger partial charge < -0.3 is 11.1 Å². The van der Waals surface area contributed by atoms with Crippen LogP contribution in [0, 0.1) is 5.92 Å². The van der Waals surface area contributed by atoms with Gasteiger partial charge in [0.2, 0.25) is 0 Å². The fraction of sp³-hybridized carbons (Fsp3) is 0.368. The average molecular weight is 336 g/mol. The summed E-state index contributed by atoms with van der Waals surface area (Å²) in [6.07, 6.45) is -3.52. The quantitative estimate of drug-likeness (QED) is 0.802.